The third-order valence-corrected chi connectivity index (χ3v) is 15.0. The maximum atomic E-state index is 13.7. The molecular formula is C48H58N4O11S2. The van der Waals surface area contributed by atoms with Gasteiger partial charge in [-0.15, -0.1) is 0 Å². The highest BCUT2D eigenvalue weighted by Crippen LogP contribution is 2.29. The molecule has 15 nitrogen and oxygen atoms in total. The smallest absolute Gasteiger partial charge is 0.329 e. The Morgan fingerprint density at radius 3 is 1.22 bits per heavy atom. The third-order valence-electron chi connectivity index (χ3n) is 11.1. The molecule has 0 aliphatic carbocycles. The van der Waals surface area contributed by atoms with Crippen LogP contribution >= 0.6 is 0 Å². The van der Waals surface area contributed by atoms with Gasteiger partial charge in [0, 0.05) is 25.9 Å². The van der Waals surface area contributed by atoms with E-state index in [-0.39, 0.29) is 35.7 Å². The van der Waals surface area contributed by atoms with E-state index in [1.807, 2.05) is 13.8 Å². The monoisotopic (exact) mass is 930 g/mol. The van der Waals surface area contributed by atoms with E-state index in [0.717, 1.165) is 11.1 Å². The number of hydrogen-bond acceptors (Lipinski definition) is 11. The number of rotatable bonds is 18. The minimum atomic E-state index is -3.96. The van der Waals surface area contributed by atoms with Crippen LogP contribution in [-0.2, 0) is 61.5 Å². The summed E-state index contributed by atoms with van der Waals surface area (Å²) in [7, 11) is -7.92. The molecule has 0 unspecified atom stereocenters. The van der Waals surface area contributed by atoms with Crippen molar-refractivity contribution in [1.29, 1.82) is 0 Å². The molecular weight excluding hydrogens is 873 g/mol. The first kappa shape index (κ1) is 48.8. The summed E-state index contributed by atoms with van der Waals surface area (Å²) in [6.07, 6.45) is 0.832. The van der Waals surface area contributed by atoms with Crippen molar-refractivity contribution in [3.8, 4) is 11.5 Å². The zero-order valence-corrected chi connectivity index (χ0v) is 39.2. The molecule has 0 radical (unpaired) electrons. The Hall–Kier alpha value is -5.62. The highest BCUT2D eigenvalue weighted by Gasteiger charge is 2.42. The van der Waals surface area contributed by atoms with Crippen molar-refractivity contribution >= 4 is 43.8 Å². The number of benzene rings is 4. The summed E-state index contributed by atoms with van der Waals surface area (Å²) in [6.45, 7) is 10.9. The second-order valence-electron chi connectivity index (χ2n) is 17.1. The predicted octanol–water partition coefficient (Wildman–Crippen LogP) is 5.76. The first-order valence-electron chi connectivity index (χ1n) is 21.9. The van der Waals surface area contributed by atoms with E-state index in [9.17, 15) is 36.0 Å². The number of ether oxygens (including phenoxy) is 3. The van der Waals surface area contributed by atoms with Crippen LogP contribution in [0.3, 0.4) is 0 Å². The molecule has 2 fully saturated rings. The van der Waals surface area contributed by atoms with Gasteiger partial charge >= 0.3 is 11.9 Å². The van der Waals surface area contributed by atoms with Gasteiger partial charge in [-0.25, -0.2) is 26.4 Å². The fraction of sp³-hybridized carbons (Fsp3) is 0.417. The molecule has 348 valence electrons. The summed E-state index contributed by atoms with van der Waals surface area (Å²) < 4.78 is 73.6. The number of amides is 2. The van der Waals surface area contributed by atoms with Crippen LogP contribution in [0.2, 0.25) is 0 Å². The SMILES string of the molecule is Cc1ccc(S(=O)(=O)N2CCC[C@@H]2C(=O)N[C@@H](Cc2ccc(Oc3ccc(C[C@H](NC(=O)[C@H]4CCCN4S(=O)(=O)c4ccc(C)cc4)C(=O)OC(C)C)cc3)cc2)C(=O)OC(C)C)cc1. The Labute approximate surface area is 381 Å². The lowest BCUT2D eigenvalue weighted by molar-refractivity contribution is -0.152. The van der Waals surface area contributed by atoms with Crippen molar-refractivity contribution in [2.24, 2.45) is 0 Å². The first-order chi connectivity index (χ1) is 30.8. The molecule has 2 saturated heterocycles. The average molecular weight is 931 g/mol. The maximum Gasteiger partial charge on any atom is 0.329 e. The van der Waals surface area contributed by atoms with E-state index < -0.39 is 80.2 Å². The van der Waals surface area contributed by atoms with Gasteiger partial charge in [0.1, 0.15) is 35.7 Å². The minimum absolute atomic E-state index is 0.0714. The van der Waals surface area contributed by atoms with E-state index >= 15 is 0 Å². The van der Waals surface area contributed by atoms with Gasteiger partial charge in [0.2, 0.25) is 31.9 Å². The van der Waals surface area contributed by atoms with Crippen LogP contribution in [0.5, 0.6) is 11.5 Å². The molecule has 6 rings (SSSR count). The van der Waals surface area contributed by atoms with Gasteiger partial charge in [-0.3, -0.25) is 9.59 Å². The zero-order valence-electron chi connectivity index (χ0n) is 37.6. The molecule has 0 aromatic heterocycles. The Morgan fingerprint density at radius 2 is 0.892 bits per heavy atom. The van der Waals surface area contributed by atoms with E-state index in [0.29, 0.717) is 48.3 Å². The van der Waals surface area contributed by atoms with Crippen molar-refractivity contribution < 1.29 is 50.2 Å². The topological polar surface area (TPSA) is 195 Å². The van der Waals surface area contributed by atoms with Crippen molar-refractivity contribution in [2.75, 3.05) is 13.1 Å². The van der Waals surface area contributed by atoms with Gasteiger partial charge in [-0.05, 0) is 127 Å². The molecule has 2 aliphatic rings. The minimum Gasteiger partial charge on any atom is -0.461 e. The molecule has 0 saturated carbocycles. The lowest BCUT2D eigenvalue weighted by Gasteiger charge is -2.26. The number of aryl methyl sites for hydroxylation is 2. The molecule has 4 aromatic carbocycles. The van der Waals surface area contributed by atoms with Gasteiger partial charge in [0.25, 0.3) is 0 Å². The molecule has 65 heavy (non-hydrogen) atoms. The molecule has 0 bridgehead atoms. The molecule has 2 amide bonds. The van der Waals surface area contributed by atoms with E-state index in [4.69, 9.17) is 14.2 Å². The van der Waals surface area contributed by atoms with Crippen molar-refractivity contribution in [1.82, 2.24) is 19.2 Å². The second-order valence-corrected chi connectivity index (χ2v) is 20.8. The standard InChI is InChI=1S/C48H58N4O11S2/c1-31(2)61-47(55)41(49-45(53)43-9-7-27-51(43)64(57,58)39-23-11-33(5)12-24-39)29-35-15-19-37(20-16-35)63-38-21-17-36(18-22-38)30-42(48(56)62-32(3)4)50-46(54)44-10-8-28-52(44)65(59,60)40-25-13-34(6)14-26-40/h11-26,31-32,41-44H,7-10,27-30H2,1-6H3,(H,49,53)(H,50,54)/t41-,42-,43+,44+/m0/s1. The Balaban J connectivity index is 1.09. The molecule has 2 aliphatic heterocycles. The number of carbonyl (C=O) groups excluding carboxylic acids is 4. The lowest BCUT2D eigenvalue weighted by Crippen LogP contribution is -2.52. The quantitative estimate of drug-likeness (QED) is 0.115. The third kappa shape index (κ3) is 12.4. The van der Waals surface area contributed by atoms with Crippen molar-refractivity contribution in [2.45, 2.75) is 126 Å². The molecule has 2 heterocycles. The Morgan fingerprint density at radius 1 is 0.554 bits per heavy atom. The highest BCUT2D eigenvalue weighted by molar-refractivity contribution is 7.89. The number of carbonyl (C=O) groups is 4. The van der Waals surface area contributed by atoms with Gasteiger partial charge in [-0.2, -0.15) is 8.61 Å². The molecule has 17 heteroatoms. The predicted molar refractivity (Wildman–Crippen MR) is 243 cm³/mol. The van der Waals surface area contributed by atoms with Crippen LogP contribution in [0.25, 0.3) is 0 Å². The largest absolute Gasteiger partial charge is 0.461 e. The van der Waals surface area contributed by atoms with Crippen molar-refractivity contribution in [3.05, 3.63) is 119 Å². The first-order valence-corrected chi connectivity index (χ1v) is 24.7. The van der Waals surface area contributed by atoms with Gasteiger partial charge < -0.3 is 24.8 Å². The summed E-state index contributed by atoms with van der Waals surface area (Å²) in [4.78, 5) is 54.1. The van der Waals surface area contributed by atoms with Gasteiger partial charge in [0.15, 0.2) is 0 Å². The zero-order chi connectivity index (χ0) is 47.1. The number of hydrogen-bond donors (Lipinski definition) is 2. The van der Waals surface area contributed by atoms with E-state index in [1.165, 1.54) is 32.9 Å². The fourth-order valence-electron chi connectivity index (χ4n) is 7.82. The van der Waals surface area contributed by atoms with Crippen LogP contribution in [0, 0.1) is 13.8 Å². The van der Waals surface area contributed by atoms with Crippen LogP contribution in [0.1, 0.15) is 75.6 Å². The summed E-state index contributed by atoms with van der Waals surface area (Å²) in [5, 5.41) is 5.55. The van der Waals surface area contributed by atoms with Crippen LogP contribution < -0.4 is 15.4 Å². The summed E-state index contributed by atoms with van der Waals surface area (Å²) in [5.74, 6) is -1.51. The number of esters is 2. The fourth-order valence-corrected chi connectivity index (χ4v) is 11.1. The Bertz CT molecular complexity index is 2350. The summed E-state index contributed by atoms with van der Waals surface area (Å²) >= 11 is 0. The van der Waals surface area contributed by atoms with Gasteiger partial charge in [-0.1, -0.05) is 59.7 Å². The number of sulfonamides is 2. The number of nitrogens with zero attached hydrogens (tertiary/aromatic N) is 2. The molecule has 4 aromatic rings. The maximum absolute atomic E-state index is 13.7. The van der Waals surface area contributed by atoms with Gasteiger partial charge in [0.05, 0.1) is 22.0 Å². The normalized spacial score (nSPS) is 18.0. The van der Waals surface area contributed by atoms with Crippen LogP contribution in [0.15, 0.2) is 107 Å². The van der Waals surface area contributed by atoms with E-state index in [1.54, 1.807) is 100 Å². The van der Waals surface area contributed by atoms with Crippen LogP contribution in [0.4, 0.5) is 0 Å². The summed E-state index contributed by atoms with van der Waals surface area (Å²) in [5.41, 5.74) is 3.18. The summed E-state index contributed by atoms with van der Waals surface area (Å²) in [6, 6.07) is 22.6. The number of nitrogens with one attached hydrogen (secondary N) is 2. The van der Waals surface area contributed by atoms with E-state index in [2.05, 4.69) is 10.6 Å². The molecule has 0 spiro atoms. The molecule has 4 atom stereocenters. The highest BCUT2D eigenvalue weighted by atomic mass is 32.2. The van der Waals surface area contributed by atoms with Crippen LogP contribution in [-0.4, -0.2) is 98.7 Å². The lowest BCUT2D eigenvalue weighted by atomic mass is 10.0. The second kappa shape index (κ2) is 21.1. The molecule has 2 N–H and O–H groups in total. The van der Waals surface area contributed by atoms with Crippen molar-refractivity contribution in [3.63, 3.8) is 0 Å². The Kier molecular flexibility index (Phi) is 15.9. The average Bonchev–Trinajstić information content (AvgIpc) is 3.97.